The molecule has 4 heterocycles. The molecule has 1 amide bonds. The number of carbonyl (C=O) groups excluding carboxylic acids is 1. The minimum atomic E-state index is -0.938. The van der Waals surface area contributed by atoms with Gasteiger partial charge in [-0.15, -0.1) is 0 Å². The average molecular weight is 627 g/mol. The Morgan fingerprint density at radius 3 is 2.72 bits per heavy atom. The van der Waals surface area contributed by atoms with Crippen LogP contribution in [0.2, 0.25) is 0 Å². The van der Waals surface area contributed by atoms with Gasteiger partial charge in [0.1, 0.15) is 36.0 Å². The lowest BCUT2D eigenvalue weighted by Gasteiger charge is -2.39. The summed E-state index contributed by atoms with van der Waals surface area (Å²) in [5.74, 6) is -0.956. The molecule has 0 N–H and O–H groups in total. The molecule has 236 valence electrons. The Hall–Kier alpha value is -4.69. The van der Waals surface area contributed by atoms with Crippen LogP contribution in [0.15, 0.2) is 61.2 Å². The monoisotopic (exact) mass is 626 g/mol. The molecule has 0 spiro atoms. The number of piperazine rings is 1. The third kappa shape index (κ3) is 5.10. The van der Waals surface area contributed by atoms with Crippen LogP contribution in [0, 0.1) is 18.2 Å². The highest BCUT2D eigenvalue weighted by Crippen LogP contribution is 2.41. The number of carbonyl (C=O) groups is 1. The Labute approximate surface area is 264 Å². The molecule has 0 radical (unpaired) electrons. The number of rotatable bonds is 7. The zero-order valence-electron chi connectivity index (χ0n) is 25.3. The molecule has 1 aromatic heterocycles. The number of benzene rings is 3. The molecule has 0 unspecified atom stereocenters. The quantitative estimate of drug-likeness (QED) is 0.191. The van der Waals surface area contributed by atoms with Gasteiger partial charge in [0, 0.05) is 48.9 Å². The van der Waals surface area contributed by atoms with Gasteiger partial charge in [0.15, 0.2) is 5.82 Å². The molecule has 8 nitrogen and oxygen atoms in total. The van der Waals surface area contributed by atoms with Crippen LogP contribution >= 0.6 is 0 Å². The Bertz CT molecular complexity index is 1890. The van der Waals surface area contributed by atoms with Crippen LogP contribution < -0.4 is 9.64 Å². The van der Waals surface area contributed by atoms with Crippen LogP contribution in [-0.4, -0.2) is 89.3 Å². The van der Waals surface area contributed by atoms with Crippen molar-refractivity contribution < 1.29 is 22.7 Å². The normalized spacial score (nSPS) is 23.1. The molecular weight excluding hydrogens is 593 g/mol. The van der Waals surface area contributed by atoms with Gasteiger partial charge in [0.2, 0.25) is 12.5 Å². The maximum absolute atomic E-state index is 16.7. The van der Waals surface area contributed by atoms with E-state index >= 15 is 8.78 Å². The van der Waals surface area contributed by atoms with Crippen LogP contribution in [-0.2, 0) is 4.79 Å². The molecule has 0 saturated carbocycles. The molecule has 46 heavy (non-hydrogen) atoms. The zero-order valence-corrected chi connectivity index (χ0v) is 25.3. The predicted octanol–water partition coefficient (Wildman–Crippen LogP) is 5.81. The van der Waals surface area contributed by atoms with Crippen molar-refractivity contribution in [3.8, 4) is 17.1 Å². The maximum atomic E-state index is 16.7. The van der Waals surface area contributed by atoms with Crippen LogP contribution in [0.5, 0.6) is 6.01 Å². The van der Waals surface area contributed by atoms with E-state index in [0.29, 0.717) is 53.6 Å². The summed E-state index contributed by atoms with van der Waals surface area (Å²) in [5.41, 5.74) is 0.123. The van der Waals surface area contributed by atoms with Crippen molar-refractivity contribution in [2.24, 2.45) is 0 Å². The predicted molar refractivity (Wildman–Crippen MR) is 170 cm³/mol. The molecule has 3 fully saturated rings. The van der Waals surface area contributed by atoms with Gasteiger partial charge >= 0.3 is 6.01 Å². The second-order valence-corrected chi connectivity index (χ2v) is 12.3. The number of amides is 1. The molecular formula is C35H33F3N6O2. The van der Waals surface area contributed by atoms with Gasteiger partial charge in [0.05, 0.1) is 5.54 Å². The van der Waals surface area contributed by atoms with E-state index in [0.717, 1.165) is 19.4 Å². The number of aromatic nitrogens is 2. The number of ether oxygens (including phenoxy) is 1. The molecule has 0 aliphatic carbocycles. The van der Waals surface area contributed by atoms with Gasteiger partial charge in [-0.1, -0.05) is 43.0 Å². The first-order valence-corrected chi connectivity index (χ1v) is 15.5. The lowest BCUT2D eigenvalue weighted by molar-refractivity contribution is -0.128. The molecule has 3 atom stereocenters. The summed E-state index contributed by atoms with van der Waals surface area (Å²) in [7, 11) is 0. The van der Waals surface area contributed by atoms with Crippen LogP contribution in [0.25, 0.3) is 37.6 Å². The summed E-state index contributed by atoms with van der Waals surface area (Å²) in [6.07, 6.45) is 2.39. The summed E-state index contributed by atoms with van der Waals surface area (Å²) in [6, 6.07) is 12.8. The largest absolute Gasteiger partial charge is 0.461 e. The topological polar surface area (TPSA) is 66.2 Å². The van der Waals surface area contributed by atoms with Gasteiger partial charge in [-0.2, -0.15) is 9.97 Å². The first-order chi connectivity index (χ1) is 22.3. The Kier molecular flexibility index (Phi) is 7.77. The van der Waals surface area contributed by atoms with E-state index in [-0.39, 0.29) is 42.7 Å². The van der Waals surface area contributed by atoms with Gasteiger partial charge in [0.25, 0.3) is 0 Å². The number of halogens is 3. The second kappa shape index (κ2) is 11.9. The van der Waals surface area contributed by atoms with E-state index in [2.05, 4.69) is 21.3 Å². The van der Waals surface area contributed by atoms with E-state index in [4.69, 9.17) is 16.3 Å². The van der Waals surface area contributed by atoms with Crippen molar-refractivity contribution >= 4 is 33.4 Å². The van der Waals surface area contributed by atoms with E-state index in [9.17, 15) is 9.18 Å². The average Bonchev–Trinajstić information content (AvgIpc) is 3.59. The van der Waals surface area contributed by atoms with E-state index in [1.54, 1.807) is 47.4 Å². The SMILES string of the molecule is [C-]#[N+]C[C@H]1CN(c2nc(OC[C@@]34CCCN3C[C@H](F)C4)nc3c(F)c(-c4cccc5cccc(F)c45)ccc23)CCN1C(=O)C=C. The Balaban J connectivity index is 1.33. The highest BCUT2D eigenvalue weighted by molar-refractivity contribution is 6.01. The molecule has 7 rings (SSSR count). The Morgan fingerprint density at radius 1 is 1.09 bits per heavy atom. The molecule has 3 saturated heterocycles. The van der Waals surface area contributed by atoms with Crippen molar-refractivity contribution in [2.75, 3.05) is 50.8 Å². The number of anilines is 1. The fourth-order valence-corrected chi connectivity index (χ4v) is 7.52. The molecule has 4 aromatic rings. The van der Waals surface area contributed by atoms with E-state index < -0.39 is 29.4 Å². The number of hydrogen-bond acceptors (Lipinski definition) is 6. The minimum absolute atomic E-state index is 0.00716. The third-order valence-corrected chi connectivity index (χ3v) is 9.68. The van der Waals surface area contributed by atoms with Crippen molar-refractivity contribution in [3.05, 3.63) is 84.2 Å². The summed E-state index contributed by atoms with van der Waals surface area (Å²) in [6.45, 7) is 13.4. The molecule has 11 heteroatoms. The maximum Gasteiger partial charge on any atom is 0.319 e. The van der Waals surface area contributed by atoms with Crippen LogP contribution in [0.1, 0.15) is 19.3 Å². The van der Waals surface area contributed by atoms with Crippen molar-refractivity contribution in [1.82, 2.24) is 19.8 Å². The van der Waals surface area contributed by atoms with Gasteiger partial charge in [-0.05, 0) is 48.5 Å². The molecule has 3 aliphatic rings. The molecule has 3 aliphatic heterocycles. The summed E-state index contributed by atoms with van der Waals surface area (Å²) in [4.78, 5) is 31.1. The number of nitrogens with zero attached hydrogens (tertiary/aromatic N) is 6. The molecule has 3 aromatic carbocycles. The summed E-state index contributed by atoms with van der Waals surface area (Å²) < 4.78 is 52.5. The zero-order chi connectivity index (χ0) is 32.0. The van der Waals surface area contributed by atoms with Gasteiger partial charge < -0.3 is 19.4 Å². The number of alkyl halides is 1. The van der Waals surface area contributed by atoms with Crippen molar-refractivity contribution in [2.45, 2.75) is 37.0 Å². The first-order valence-electron chi connectivity index (χ1n) is 15.5. The number of fused-ring (bicyclic) bond motifs is 3. The Morgan fingerprint density at radius 2 is 1.91 bits per heavy atom. The highest BCUT2D eigenvalue weighted by Gasteiger charge is 2.49. The lowest BCUT2D eigenvalue weighted by Crippen LogP contribution is -2.56. The van der Waals surface area contributed by atoms with E-state index in [1.807, 2.05) is 4.90 Å². The summed E-state index contributed by atoms with van der Waals surface area (Å²) in [5, 5.41) is 1.37. The van der Waals surface area contributed by atoms with Crippen molar-refractivity contribution in [3.63, 3.8) is 0 Å². The van der Waals surface area contributed by atoms with E-state index in [1.165, 1.54) is 12.1 Å². The van der Waals surface area contributed by atoms with Gasteiger partial charge in [-0.3, -0.25) is 9.69 Å². The molecule has 0 bridgehead atoms. The first kappa shape index (κ1) is 30.0. The smallest absolute Gasteiger partial charge is 0.319 e. The van der Waals surface area contributed by atoms with Crippen LogP contribution in [0.3, 0.4) is 0 Å². The lowest BCUT2D eigenvalue weighted by atomic mass is 9.95. The summed E-state index contributed by atoms with van der Waals surface area (Å²) >= 11 is 0. The highest BCUT2D eigenvalue weighted by atomic mass is 19.1. The fraction of sp³-hybridized carbons (Fsp3) is 0.371. The second-order valence-electron chi connectivity index (χ2n) is 12.3. The van der Waals surface area contributed by atoms with Crippen molar-refractivity contribution in [1.29, 1.82) is 0 Å². The van der Waals surface area contributed by atoms with Gasteiger partial charge in [-0.25, -0.2) is 19.7 Å². The minimum Gasteiger partial charge on any atom is -0.461 e. The third-order valence-electron chi connectivity index (χ3n) is 9.68. The standard InChI is InChI=1S/C35H33F3N6O2/c1-3-29(45)44-16-15-42(20-24(44)18-39-2)33-27-12-11-26(25-9-4-7-22-8-5-10-28(37)30(22)25)31(38)32(27)40-34(41-33)46-21-35-13-6-14-43(35)19-23(36)17-35/h3-5,7-12,23-24H,1,6,13-21H2/t23-,24+,35+/m1/s1. The fourth-order valence-electron chi connectivity index (χ4n) is 7.52. The number of hydrogen-bond donors (Lipinski definition) is 0. The van der Waals surface area contributed by atoms with Crippen LogP contribution in [0.4, 0.5) is 19.0 Å².